The van der Waals surface area contributed by atoms with Crippen molar-refractivity contribution in [3.63, 3.8) is 0 Å². The van der Waals surface area contributed by atoms with Crippen LogP contribution in [0.15, 0.2) is 28.8 Å². The molecule has 0 aliphatic heterocycles. The van der Waals surface area contributed by atoms with Gasteiger partial charge in [-0.15, -0.1) is 0 Å². The lowest BCUT2D eigenvalue weighted by Crippen LogP contribution is -2.27. The maximum atomic E-state index is 5.84. The Labute approximate surface area is 111 Å². The average molecular weight is 266 g/mol. The van der Waals surface area contributed by atoms with Gasteiger partial charge in [0.05, 0.1) is 5.92 Å². The van der Waals surface area contributed by atoms with E-state index in [1.807, 2.05) is 31.3 Å². The zero-order valence-electron chi connectivity index (χ0n) is 10.6. The van der Waals surface area contributed by atoms with E-state index in [0.717, 1.165) is 5.56 Å². The van der Waals surface area contributed by atoms with Crippen molar-refractivity contribution >= 4 is 11.6 Å². The fourth-order valence-electron chi connectivity index (χ4n) is 1.60. The zero-order chi connectivity index (χ0) is 13.1. The highest BCUT2D eigenvalue weighted by molar-refractivity contribution is 6.30. The molecule has 2 unspecified atom stereocenters. The number of hydrogen-bond acceptors (Lipinski definition) is 4. The van der Waals surface area contributed by atoms with Crippen LogP contribution < -0.4 is 5.32 Å². The van der Waals surface area contributed by atoms with E-state index in [1.54, 1.807) is 0 Å². The summed E-state index contributed by atoms with van der Waals surface area (Å²) in [6, 6.07) is 7.66. The van der Waals surface area contributed by atoms with Gasteiger partial charge in [0.15, 0.2) is 0 Å². The number of halogens is 1. The highest BCUT2D eigenvalue weighted by Gasteiger charge is 2.19. The van der Waals surface area contributed by atoms with Crippen LogP contribution in [0, 0.1) is 0 Å². The average Bonchev–Trinajstić information content (AvgIpc) is 2.87. The van der Waals surface area contributed by atoms with Gasteiger partial charge in [-0.1, -0.05) is 23.7 Å². The summed E-state index contributed by atoms with van der Waals surface area (Å²) < 4.78 is 5.30. The maximum absolute atomic E-state index is 5.84. The summed E-state index contributed by atoms with van der Waals surface area (Å²) >= 11 is 5.84. The Morgan fingerprint density at radius 1 is 1.22 bits per heavy atom. The van der Waals surface area contributed by atoms with Crippen molar-refractivity contribution in [2.24, 2.45) is 0 Å². The van der Waals surface area contributed by atoms with Gasteiger partial charge in [0.2, 0.25) is 11.7 Å². The number of hydrogen-bond donors (Lipinski definition) is 1. The van der Waals surface area contributed by atoms with Gasteiger partial charge < -0.3 is 9.84 Å². The van der Waals surface area contributed by atoms with Gasteiger partial charge in [-0.25, -0.2) is 0 Å². The van der Waals surface area contributed by atoms with Crippen LogP contribution in [-0.4, -0.2) is 23.2 Å². The van der Waals surface area contributed by atoms with Crippen LogP contribution in [0.5, 0.6) is 0 Å². The summed E-state index contributed by atoms with van der Waals surface area (Å²) in [6.07, 6.45) is 0. The molecule has 0 fully saturated rings. The molecule has 0 radical (unpaired) electrons. The minimum Gasteiger partial charge on any atom is -0.339 e. The van der Waals surface area contributed by atoms with Crippen LogP contribution >= 0.6 is 11.6 Å². The molecule has 0 saturated heterocycles. The van der Waals surface area contributed by atoms with E-state index in [9.17, 15) is 0 Å². The lowest BCUT2D eigenvalue weighted by Gasteiger charge is -2.14. The molecular formula is C13H16ClN3O. The number of nitrogens with one attached hydrogen (secondary N) is 1. The first-order chi connectivity index (χ1) is 8.61. The second kappa shape index (κ2) is 5.50. The quantitative estimate of drug-likeness (QED) is 0.923. The topological polar surface area (TPSA) is 51.0 Å². The molecule has 0 aliphatic carbocycles. The van der Waals surface area contributed by atoms with Crippen LogP contribution in [0.1, 0.15) is 25.7 Å². The number of rotatable bonds is 4. The molecule has 0 saturated carbocycles. The smallest absolute Gasteiger partial charge is 0.231 e. The molecule has 4 nitrogen and oxygen atoms in total. The number of nitrogens with zero attached hydrogens (tertiary/aromatic N) is 2. The van der Waals surface area contributed by atoms with E-state index in [1.165, 1.54) is 0 Å². The van der Waals surface area contributed by atoms with Gasteiger partial charge in [0, 0.05) is 16.6 Å². The Kier molecular flexibility index (Phi) is 3.99. The summed E-state index contributed by atoms with van der Waals surface area (Å²) in [5.74, 6) is 1.40. The van der Waals surface area contributed by atoms with Crippen molar-refractivity contribution in [1.29, 1.82) is 0 Å². The van der Waals surface area contributed by atoms with Gasteiger partial charge >= 0.3 is 0 Å². The highest BCUT2D eigenvalue weighted by atomic mass is 35.5. The van der Waals surface area contributed by atoms with E-state index in [0.29, 0.717) is 16.7 Å². The van der Waals surface area contributed by atoms with Crippen molar-refractivity contribution in [2.75, 3.05) is 7.05 Å². The van der Waals surface area contributed by atoms with Crippen LogP contribution in [0.2, 0.25) is 5.02 Å². The standard InChI is InChI=1S/C13H16ClN3O/c1-8(9(2)15-3)13-16-12(17-18-13)10-4-6-11(14)7-5-10/h4-9,15H,1-3H3. The predicted molar refractivity (Wildman–Crippen MR) is 71.7 cm³/mol. The zero-order valence-corrected chi connectivity index (χ0v) is 11.4. The van der Waals surface area contributed by atoms with Crippen LogP contribution in [0.4, 0.5) is 0 Å². The molecule has 0 amide bonds. The molecule has 1 heterocycles. The second-order valence-electron chi connectivity index (χ2n) is 4.33. The molecular weight excluding hydrogens is 250 g/mol. The molecule has 5 heteroatoms. The SMILES string of the molecule is CNC(C)C(C)c1nc(-c2ccc(Cl)cc2)no1. The number of aromatic nitrogens is 2. The van der Waals surface area contributed by atoms with E-state index >= 15 is 0 Å². The molecule has 0 spiro atoms. The summed E-state index contributed by atoms with van der Waals surface area (Å²) in [5.41, 5.74) is 0.902. The first kappa shape index (κ1) is 13.1. The third-order valence-electron chi connectivity index (χ3n) is 3.14. The molecule has 1 aromatic carbocycles. The Hall–Kier alpha value is -1.39. The van der Waals surface area contributed by atoms with Crippen molar-refractivity contribution in [3.05, 3.63) is 35.2 Å². The van der Waals surface area contributed by atoms with E-state index in [2.05, 4.69) is 29.3 Å². The predicted octanol–water partition coefficient (Wildman–Crippen LogP) is 3.10. The fraction of sp³-hybridized carbons (Fsp3) is 0.385. The molecule has 1 N–H and O–H groups in total. The minimum absolute atomic E-state index is 0.170. The van der Waals surface area contributed by atoms with Crippen LogP contribution in [0.25, 0.3) is 11.4 Å². The molecule has 0 bridgehead atoms. The van der Waals surface area contributed by atoms with E-state index in [4.69, 9.17) is 16.1 Å². The summed E-state index contributed by atoms with van der Waals surface area (Å²) in [5, 5.41) is 7.87. The Balaban J connectivity index is 2.22. The van der Waals surface area contributed by atoms with Gasteiger partial charge in [-0.2, -0.15) is 4.98 Å². The summed E-state index contributed by atoms with van der Waals surface area (Å²) in [4.78, 5) is 4.42. The normalized spacial score (nSPS) is 14.4. The molecule has 0 aliphatic rings. The monoisotopic (exact) mass is 265 g/mol. The third kappa shape index (κ3) is 2.71. The molecule has 1 aromatic heterocycles. The summed E-state index contributed by atoms with van der Waals surface area (Å²) in [7, 11) is 1.91. The third-order valence-corrected chi connectivity index (χ3v) is 3.39. The van der Waals surface area contributed by atoms with Gasteiger partial charge in [0.25, 0.3) is 0 Å². The molecule has 18 heavy (non-hydrogen) atoms. The second-order valence-corrected chi connectivity index (χ2v) is 4.77. The fourth-order valence-corrected chi connectivity index (χ4v) is 1.73. The number of likely N-dealkylation sites (N-methyl/N-ethyl adjacent to an activating group) is 1. The van der Waals surface area contributed by atoms with E-state index < -0.39 is 0 Å². The van der Waals surface area contributed by atoms with Crippen molar-refractivity contribution in [3.8, 4) is 11.4 Å². The largest absolute Gasteiger partial charge is 0.339 e. The Morgan fingerprint density at radius 2 is 1.89 bits per heavy atom. The summed E-state index contributed by atoms with van der Waals surface area (Å²) in [6.45, 7) is 4.14. The first-order valence-corrected chi connectivity index (χ1v) is 6.26. The van der Waals surface area contributed by atoms with Crippen molar-refractivity contribution in [1.82, 2.24) is 15.5 Å². The molecule has 96 valence electrons. The Morgan fingerprint density at radius 3 is 2.50 bits per heavy atom. The van der Waals surface area contributed by atoms with Gasteiger partial charge in [0.1, 0.15) is 0 Å². The van der Waals surface area contributed by atoms with Crippen molar-refractivity contribution < 1.29 is 4.52 Å². The molecule has 2 aromatic rings. The highest BCUT2D eigenvalue weighted by Crippen LogP contribution is 2.22. The first-order valence-electron chi connectivity index (χ1n) is 5.88. The Bertz CT molecular complexity index is 509. The molecule has 2 atom stereocenters. The van der Waals surface area contributed by atoms with Gasteiger partial charge in [-0.05, 0) is 38.2 Å². The number of benzene rings is 1. The van der Waals surface area contributed by atoms with E-state index in [-0.39, 0.29) is 12.0 Å². The molecule has 2 rings (SSSR count). The lowest BCUT2D eigenvalue weighted by atomic mass is 10.0. The van der Waals surface area contributed by atoms with Gasteiger partial charge in [-0.3, -0.25) is 0 Å². The van der Waals surface area contributed by atoms with Crippen LogP contribution in [-0.2, 0) is 0 Å². The lowest BCUT2D eigenvalue weighted by molar-refractivity contribution is 0.336. The minimum atomic E-state index is 0.170. The maximum Gasteiger partial charge on any atom is 0.231 e. The van der Waals surface area contributed by atoms with Crippen LogP contribution in [0.3, 0.4) is 0 Å². The van der Waals surface area contributed by atoms with Crippen molar-refractivity contribution in [2.45, 2.75) is 25.8 Å².